The molecule has 0 aliphatic carbocycles. The molecule has 1 atom stereocenters. The number of halogens is 2. The Bertz CT molecular complexity index is 538. The van der Waals surface area contributed by atoms with Gasteiger partial charge in [-0.25, -0.2) is 4.39 Å². The Morgan fingerprint density at radius 3 is 2.67 bits per heavy atom. The number of hydrogen-bond acceptors (Lipinski definition) is 2. The van der Waals surface area contributed by atoms with Gasteiger partial charge in [0.25, 0.3) is 0 Å². The van der Waals surface area contributed by atoms with Gasteiger partial charge in [0.15, 0.2) is 0 Å². The molecule has 1 aromatic heterocycles. The Hall–Kier alpha value is -1.13. The molecule has 0 amide bonds. The summed E-state index contributed by atoms with van der Waals surface area (Å²) < 4.78 is 19.5. The zero-order valence-corrected chi connectivity index (χ0v) is 11.9. The van der Waals surface area contributed by atoms with Gasteiger partial charge in [-0.3, -0.25) is 0 Å². The van der Waals surface area contributed by atoms with E-state index in [1.165, 1.54) is 12.1 Å². The number of furan rings is 1. The van der Waals surface area contributed by atoms with Crippen molar-refractivity contribution in [2.24, 2.45) is 0 Å². The molecule has 2 nitrogen and oxygen atoms in total. The maximum atomic E-state index is 13.1. The highest BCUT2D eigenvalue weighted by Crippen LogP contribution is 2.30. The Morgan fingerprint density at radius 2 is 2.11 bits per heavy atom. The van der Waals surface area contributed by atoms with Crippen LogP contribution in [0.15, 0.2) is 39.2 Å². The summed E-state index contributed by atoms with van der Waals surface area (Å²) in [7, 11) is 0. The van der Waals surface area contributed by atoms with Gasteiger partial charge in [0, 0.05) is 4.47 Å². The molecule has 4 heteroatoms. The topological polar surface area (TPSA) is 25.2 Å². The molecule has 2 rings (SSSR count). The van der Waals surface area contributed by atoms with Crippen LogP contribution in [0.5, 0.6) is 0 Å². The van der Waals surface area contributed by atoms with Crippen molar-refractivity contribution in [3.8, 4) is 0 Å². The van der Waals surface area contributed by atoms with E-state index >= 15 is 0 Å². The van der Waals surface area contributed by atoms with Crippen LogP contribution < -0.4 is 5.32 Å². The summed E-state index contributed by atoms with van der Waals surface area (Å²) in [6.07, 6.45) is 0. The van der Waals surface area contributed by atoms with Crippen molar-refractivity contribution in [3.05, 3.63) is 57.7 Å². The first-order valence-corrected chi connectivity index (χ1v) is 6.65. The molecule has 0 radical (unpaired) electrons. The quantitative estimate of drug-likeness (QED) is 0.916. The standard InChI is InChI=1S/C14H15BrFNO/c1-3-17-14(13-7-4-9(2)18-13)11-6-5-10(16)8-12(11)15/h4-8,14,17H,3H2,1-2H3. The molecule has 1 unspecified atom stereocenters. The van der Waals surface area contributed by atoms with E-state index in [4.69, 9.17) is 4.42 Å². The molecule has 0 spiro atoms. The third kappa shape index (κ3) is 2.82. The number of hydrogen-bond donors (Lipinski definition) is 1. The summed E-state index contributed by atoms with van der Waals surface area (Å²) in [5, 5.41) is 3.34. The van der Waals surface area contributed by atoms with Gasteiger partial charge >= 0.3 is 0 Å². The highest BCUT2D eigenvalue weighted by Gasteiger charge is 2.19. The average Bonchev–Trinajstić information content (AvgIpc) is 2.73. The highest BCUT2D eigenvalue weighted by molar-refractivity contribution is 9.10. The summed E-state index contributed by atoms with van der Waals surface area (Å²) in [5.41, 5.74) is 0.965. The normalized spacial score (nSPS) is 12.7. The van der Waals surface area contributed by atoms with E-state index in [-0.39, 0.29) is 11.9 Å². The molecule has 1 N–H and O–H groups in total. The zero-order chi connectivity index (χ0) is 13.1. The van der Waals surface area contributed by atoms with Gasteiger partial charge in [-0.2, -0.15) is 0 Å². The first-order chi connectivity index (χ1) is 8.61. The number of nitrogens with one attached hydrogen (secondary N) is 1. The van der Waals surface area contributed by atoms with Crippen molar-refractivity contribution in [2.45, 2.75) is 19.9 Å². The first-order valence-electron chi connectivity index (χ1n) is 5.86. The predicted octanol–water partition coefficient (Wildman–Crippen LogP) is 4.19. The maximum Gasteiger partial charge on any atom is 0.125 e. The molecular formula is C14H15BrFNO. The fourth-order valence-electron chi connectivity index (χ4n) is 1.91. The van der Waals surface area contributed by atoms with Crippen LogP contribution in [0.2, 0.25) is 0 Å². The molecule has 0 aliphatic heterocycles. The zero-order valence-electron chi connectivity index (χ0n) is 10.3. The van der Waals surface area contributed by atoms with Crippen LogP contribution in [-0.4, -0.2) is 6.54 Å². The Morgan fingerprint density at radius 1 is 1.33 bits per heavy atom. The first kappa shape index (κ1) is 13.3. The lowest BCUT2D eigenvalue weighted by atomic mass is 10.0. The minimum absolute atomic E-state index is 0.0707. The van der Waals surface area contributed by atoms with Crippen molar-refractivity contribution in [3.63, 3.8) is 0 Å². The Labute approximate surface area is 114 Å². The number of aryl methyl sites for hydroxylation is 1. The van der Waals surface area contributed by atoms with Gasteiger partial charge in [0.05, 0.1) is 6.04 Å². The van der Waals surface area contributed by atoms with Crippen molar-refractivity contribution >= 4 is 15.9 Å². The second-order valence-electron chi connectivity index (χ2n) is 4.10. The second kappa shape index (κ2) is 5.67. The third-order valence-electron chi connectivity index (χ3n) is 2.73. The van der Waals surface area contributed by atoms with E-state index in [1.807, 2.05) is 26.0 Å². The summed E-state index contributed by atoms with van der Waals surface area (Å²) in [6.45, 7) is 4.74. The van der Waals surface area contributed by atoms with Crippen molar-refractivity contribution in [1.82, 2.24) is 5.32 Å². The lowest BCUT2D eigenvalue weighted by molar-refractivity contribution is 0.434. The van der Waals surface area contributed by atoms with Gasteiger partial charge < -0.3 is 9.73 Å². The van der Waals surface area contributed by atoms with Crippen molar-refractivity contribution in [2.75, 3.05) is 6.54 Å². The summed E-state index contributed by atoms with van der Waals surface area (Å²) in [4.78, 5) is 0. The molecule has 2 aromatic rings. The fraction of sp³-hybridized carbons (Fsp3) is 0.286. The minimum Gasteiger partial charge on any atom is -0.464 e. The SMILES string of the molecule is CCNC(c1ccc(C)o1)c1ccc(F)cc1Br. The van der Waals surface area contributed by atoms with Gasteiger partial charge in [0.2, 0.25) is 0 Å². The van der Waals surface area contributed by atoms with Crippen LogP contribution >= 0.6 is 15.9 Å². The molecule has 1 heterocycles. The van der Waals surface area contributed by atoms with Crippen molar-refractivity contribution < 1.29 is 8.81 Å². The van der Waals surface area contributed by atoms with Crippen LogP contribution in [0, 0.1) is 12.7 Å². The van der Waals surface area contributed by atoms with E-state index < -0.39 is 0 Å². The van der Waals surface area contributed by atoms with Gasteiger partial charge in [-0.05, 0) is 43.3 Å². The van der Waals surface area contributed by atoms with Crippen LogP contribution in [0.25, 0.3) is 0 Å². The summed E-state index contributed by atoms with van der Waals surface area (Å²) in [6, 6.07) is 8.49. The third-order valence-corrected chi connectivity index (χ3v) is 3.41. The minimum atomic E-state index is -0.253. The molecule has 1 aromatic carbocycles. The molecule has 0 bridgehead atoms. The molecule has 18 heavy (non-hydrogen) atoms. The lowest BCUT2D eigenvalue weighted by Crippen LogP contribution is -2.22. The maximum absolute atomic E-state index is 13.1. The van der Waals surface area contributed by atoms with Gasteiger partial charge in [-0.15, -0.1) is 0 Å². The van der Waals surface area contributed by atoms with Crippen LogP contribution in [-0.2, 0) is 0 Å². The fourth-order valence-corrected chi connectivity index (χ4v) is 2.49. The van der Waals surface area contributed by atoms with E-state index in [0.717, 1.165) is 28.1 Å². The summed E-state index contributed by atoms with van der Waals surface area (Å²) in [5.74, 6) is 1.45. The largest absolute Gasteiger partial charge is 0.464 e. The smallest absolute Gasteiger partial charge is 0.125 e. The average molecular weight is 312 g/mol. The van der Waals surface area contributed by atoms with Crippen molar-refractivity contribution in [1.29, 1.82) is 0 Å². The predicted molar refractivity (Wildman–Crippen MR) is 73.1 cm³/mol. The number of benzene rings is 1. The van der Waals surface area contributed by atoms with E-state index in [9.17, 15) is 4.39 Å². The van der Waals surface area contributed by atoms with E-state index in [2.05, 4.69) is 21.2 Å². The van der Waals surface area contributed by atoms with Crippen LogP contribution in [0.3, 0.4) is 0 Å². The number of rotatable bonds is 4. The molecule has 0 aliphatic rings. The van der Waals surface area contributed by atoms with E-state index in [0.29, 0.717) is 0 Å². The lowest BCUT2D eigenvalue weighted by Gasteiger charge is -2.17. The van der Waals surface area contributed by atoms with E-state index in [1.54, 1.807) is 6.07 Å². The highest BCUT2D eigenvalue weighted by atomic mass is 79.9. The molecular weight excluding hydrogens is 297 g/mol. The monoisotopic (exact) mass is 311 g/mol. The van der Waals surface area contributed by atoms with Crippen LogP contribution in [0.4, 0.5) is 4.39 Å². The Kier molecular flexibility index (Phi) is 4.19. The molecule has 96 valence electrons. The molecule has 0 saturated heterocycles. The van der Waals surface area contributed by atoms with Crippen LogP contribution in [0.1, 0.15) is 30.0 Å². The molecule has 0 fully saturated rings. The van der Waals surface area contributed by atoms with Gasteiger partial charge in [-0.1, -0.05) is 28.9 Å². The van der Waals surface area contributed by atoms with Gasteiger partial charge in [0.1, 0.15) is 17.3 Å². The summed E-state index contributed by atoms with van der Waals surface area (Å²) >= 11 is 3.40. The molecule has 0 saturated carbocycles. The Balaban J connectivity index is 2.41. The second-order valence-corrected chi connectivity index (χ2v) is 4.96.